The highest BCUT2D eigenvalue weighted by Gasteiger charge is 2.15. The quantitative estimate of drug-likeness (QED) is 0.904. The number of hydrogen-bond donors (Lipinski definition) is 1. The molecule has 5 nitrogen and oxygen atoms in total. The maximum Gasteiger partial charge on any atom is 0.227 e. The zero-order valence-electron chi connectivity index (χ0n) is 13.2. The Morgan fingerprint density at radius 3 is 2.52 bits per heavy atom. The normalized spacial score (nSPS) is 17.5. The second kappa shape index (κ2) is 8.15. The summed E-state index contributed by atoms with van der Waals surface area (Å²) >= 11 is 0. The molecular formula is C16H27N3O2. The molecule has 0 aliphatic heterocycles. The first kappa shape index (κ1) is 16.0. The lowest BCUT2D eigenvalue weighted by atomic mass is 9.96. The van der Waals surface area contributed by atoms with Crippen LogP contribution in [0.3, 0.4) is 0 Å². The van der Waals surface area contributed by atoms with Crippen LogP contribution in [0.25, 0.3) is 0 Å². The summed E-state index contributed by atoms with van der Waals surface area (Å²) in [5, 5.41) is 7.07. The first-order chi connectivity index (χ1) is 10.1. The molecule has 1 heterocycles. The Kier molecular flexibility index (Phi) is 6.21. The van der Waals surface area contributed by atoms with Crippen molar-refractivity contribution in [1.82, 2.24) is 15.5 Å². The molecule has 2 rings (SSSR count). The molecule has 1 fully saturated rings. The fourth-order valence-electron chi connectivity index (χ4n) is 2.72. The predicted octanol–water partition coefficient (Wildman–Crippen LogP) is 3.35. The van der Waals surface area contributed by atoms with Crippen LogP contribution in [0.4, 0.5) is 0 Å². The minimum Gasteiger partial charge on any atom is -0.353 e. The second-order valence-corrected chi connectivity index (χ2v) is 6.31. The van der Waals surface area contributed by atoms with E-state index in [0.29, 0.717) is 30.6 Å². The van der Waals surface area contributed by atoms with Gasteiger partial charge in [-0.1, -0.05) is 51.1 Å². The van der Waals surface area contributed by atoms with E-state index < -0.39 is 0 Å². The van der Waals surface area contributed by atoms with Gasteiger partial charge >= 0.3 is 0 Å². The SMILES string of the molecule is CC(C)c1noc(CCC(=O)NC2CCCCCCC2)n1. The fourth-order valence-corrected chi connectivity index (χ4v) is 2.72. The van der Waals surface area contributed by atoms with Crippen molar-refractivity contribution in [3.8, 4) is 0 Å². The van der Waals surface area contributed by atoms with Gasteiger partial charge in [0.2, 0.25) is 11.8 Å². The van der Waals surface area contributed by atoms with Gasteiger partial charge in [-0.05, 0) is 12.8 Å². The Morgan fingerprint density at radius 1 is 1.24 bits per heavy atom. The molecule has 0 bridgehead atoms. The van der Waals surface area contributed by atoms with E-state index >= 15 is 0 Å². The summed E-state index contributed by atoms with van der Waals surface area (Å²) in [6, 6.07) is 0.353. The molecule has 118 valence electrons. The molecule has 0 unspecified atom stereocenters. The molecule has 0 aromatic carbocycles. The lowest BCUT2D eigenvalue weighted by Crippen LogP contribution is -2.35. The molecule has 5 heteroatoms. The van der Waals surface area contributed by atoms with Crippen LogP contribution in [0.1, 0.15) is 82.8 Å². The summed E-state index contributed by atoms with van der Waals surface area (Å²) in [5.41, 5.74) is 0. The van der Waals surface area contributed by atoms with Crippen molar-refractivity contribution in [2.75, 3.05) is 0 Å². The van der Waals surface area contributed by atoms with E-state index in [1.165, 1.54) is 32.1 Å². The number of hydrogen-bond acceptors (Lipinski definition) is 4. The number of carbonyl (C=O) groups is 1. The third kappa shape index (κ3) is 5.48. The average molecular weight is 293 g/mol. The lowest BCUT2D eigenvalue weighted by molar-refractivity contribution is -0.122. The van der Waals surface area contributed by atoms with Crippen LogP contribution < -0.4 is 5.32 Å². The van der Waals surface area contributed by atoms with E-state index in [4.69, 9.17) is 4.52 Å². The van der Waals surface area contributed by atoms with Crippen molar-refractivity contribution < 1.29 is 9.32 Å². The van der Waals surface area contributed by atoms with Crippen LogP contribution >= 0.6 is 0 Å². The third-order valence-electron chi connectivity index (χ3n) is 4.04. The molecule has 0 spiro atoms. The molecule has 21 heavy (non-hydrogen) atoms. The molecule has 1 aromatic heterocycles. The minimum absolute atomic E-state index is 0.102. The molecule has 1 amide bonds. The van der Waals surface area contributed by atoms with Gasteiger partial charge in [0.1, 0.15) is 0 Å². The van der Waals surface area contributed by atoms with Crippen molar-refractivity contribution in [2.45, 2.75) is 83.6 Å². The Bertz CT molecular complexity index is 434. The van der Waals surface area contributed by atoms with E-state index in [-0.39, 0.29) is 11.8 Å². The summed E-state index contributed by atoms with van der Waals surface area (Å²) in [5.74, 6) is 1.63. The standard InChI is InChI=1S/C16H27N3O2/c1-12(2)16-18-15(21-19-16)11-10-14(20)17-13-8-6-4-3-5-7-9-13/h12-13H,3-11H2,1-2H3,(H,17,20). The van der Waals surface area contributed by atoms with Gasteiger partial charge in [0, 0.05) is 24.8 Å². The van der Waals surface area contributed by atoms with Crippen molar-refractivity contribution in [3.63, 3.8) is 0 Å². The number of aryl methyl sites for hydroxylation is 1. The van der Waals surface area contributed by atoms with Gasteiger partial charge in [-0.3, -0.25) is 4.79 Å². The summed E-state index contributed by atoms with van der Waals surface area (Å²) in [7, 11) is 0. The fraction of sp³-hybridized carbons (Fsp3) is 0.812. The van der Waals surface area contributed by atoms with Crippen LogP contribution in [0, 0.1) is 0 Å². The van der Waals surface area contributed by atoms with E-state index in [1.54, 1.807) is 0 Å². The van der Waals surface area contributed by atoms with E-state index in [1.807, 2.05) is 13.8 Å². The molecule has 1 saturated carbocycles. The molecular weight excluding hydrogens is 266 g/mol. The van der Waals surface area contributed by atoms with Gasteiger partial charge in [-0.25, -0.2) is 0 Å². The largest absolute Gasteiger partial charge is 0.353 e. The van der Waals surface area contributed by atoms with Gasteiger partial charge < -0.3 is 9.84 Å². The lowest BCUT2D eigenvalue weighted by Gasteiger charge is -2.20. The Labute approximate surface area is 126 Å². The van der Waals surface area contributed by atoms with Crippen LogP contribution in [-0.2, 0) is 11.2 Å². The van der Waals surface area contributed by atoms with Gasteiger partial charge in [0.05, 0.1) is 0 Å². The first-order valence-corrected chi connectivity index (χ1v) is 8.27. The minimum atomic E-state index is 0.102. The highest BCUT2D eigenvalue weighted by atomic mass is 16.5. The molecule has 1 aliphatic carbocycles. The summed E-state index contributed by atoms with van der Waals surface area (Å²) < 4.78 is 5.16. The predicted molar refractivity (Wildman–Crippen MR) is 81.0 cm³/mol. The summed E-state index contributed by atoms with van der Waals surface area (Å²) in [4.78, 5) is 16.3. The average Bonchev–Trinajstić information content (AvgIpc) is 2.88. The summed E-state index contributed by atoms with van der Waals surface area (Å²) in [6.45, 7) is 4.05. The van der Waals surface area contributed by atoms with Gasteiger partial charge in [-0.2, -0.15) is 4.98 Å². The highest BCUT2D eigenvalue weighted by molar-refractivity contribution is 5.76. The summed E-state index contributed by atoms with van der Waals surface area (Å²) in [6.07, 6.45) is 9.58. The number of aromatic nitrogens is 2. The number of nitrogens with zero attached hydrogens (tertiary/aromatic N) is 2. The van der Waals surface area contributed by atoms with E-state index in [9.17, 15) is 4.79 Å². The van der Waals surface area contributed by atoms with E-state index in [0.717, 1.165) is 12.8 Å². The smallest absolute Gasteiger partial charge is 0.227 e. The van der Waals surface area contributed by atoms with Crippen LogP contribution in [0.5, 0.6) is 0 Å². The number of carbonyl (C=O) groups excluding carboxylic acids is 1. The zero-order valence-corrected chi connectivity index (χ0v) is 13.2. The molecule has 0 radical (unpaired) electrons. The van der Waals surface area contributed by atoms with E-state index in [2.05, 4.69) is 15.5 Å². The molecule has 0 saturated heterocycles. The van der Waals surface area contributed by atoms with Gasteiger partial charge in [-0.15, -0.1) is 0 Å². The number of nitrogens with one attached hydrogen (secondary N) is 1. The monoisotopic (exact) mass is 293 g/mol. The topological polar surface area (TPSA) is 68.0 Å². The van der Waals surface area contributed by atoms with Crippen molar-refractivity contribution in [3.05, 3.63) is 11.7 Å². The van der Waals surface area contributed by atoms with Gasteiger partial charge in [0.15, 0.2) is 5.82 Å². The number of amides is 1. The van der Waals surface area contributed by atoms with Crippen molar-refractivity contribution in [1.29, 1.82) is 0 Å². The molecule has 1 aromatic rings. The maximum absolute atomic E-state index is 12.0. The van der Waals surface area contributed by atoms with Crippen LogP contribution in [0.15, 0.2) is 4.52 Å². The number of rotatable bonds is 5. The molecule has 0 atom stereocenters. The van der Waals surface area contributed by atoms with Crippen LogP contribution in [-0.4, -0.2) is 22.1 Å². The van der Waals surface area contributed by atoms with Crippen molar-refractivity contribution >= 4 is 5.91 Å². The highest BCUT2D eigenvalue weighted by Crippen LogP contribution is 2.17. The molecule has 1 aliphatic rings. The Balaban J connectivity index is 1.73. The van der Waals surface area contributed by atoms with Crippen molar-refractivity contribution in [2.24, 2.45) is 0 Å². The second-order valence-electron chi connectivity index (χ2n) is 6.31. The van der Waals surface area contributed by atoms with Gasteiger partial charge in [0.25, 0.3) is 0 Å². The third-order valence-corrected chi connectivity index (χ3v) is 4.04. The first-order valence-electron chi connectivity index (χ1n) is 8.27. The Morgan fingerprint density at radius 2 is 1.90 bits per heavy atom. The maximum atomic E-state index is 12.0. The Hall–Kier alpha value is -1.39. The zero-order chi connectivity index (χ0) is 15.1. The van der Waals surface area contributed by atoms with Crippen LogP contribution in [0.2, 0.25) is 0 Å². The molecule has 1 N–H and O–H groups in total.